The lowest BCUT2D eigenvalue weighted by Gasteiger charge is -2.32. The second kappa shape index (κ2) is 9.58. The number of nitrogens with zero attached hydrogens (tertiary/aromatic N) is 2. The number of benzene rings is 1. The lowest BCUT2D eigenvalue weighted by molar-refractivity contribution is 0.178. The van der Waals surface area contributed by atoms with Crippen LogP contribution in [0, 0.1) is 5.92 Å². The van der Waals surface area contributed by atoms with Gasteiger partial charge in [-0.1, -0.05) is 35.9 Å². The van der Waals surface area contributed by atoms with Crippen molar-refractivity contribution in [2.24, 2.45) is 10.9 Å². The van der Waals surface area contributed by atoms with E-state index in [0.717, 1.165) is 43.7 Å². The van der Waals surface area contributed by atoms with Crippen molar-refractivity contribution in [2.45, 2.75) is 19.4 Å². The van der Waals surface area contributed by atoms with Crippen LogP contribution < -0.4 is 10.6 Å². The molecule has 1 aliphatic rings. The molecular formula is C18H27ClN4. The Hall–Kier alpha value is -1.52. The first-order chi connectivity index (χ1) is 11.2. The topological polar surface area (TPSA) is 39.7 Å². The average molecular weight is 335 g/mol. The number of aliphatic imine (C=N–C) groups is 1. The number of hydrogen-bond donors (Lipinski definition) is 2. The standard InChI is InChI=1S/C18H27ClN4/c1-3-10-21-18(20-2)22-13-15-8-11-23(12-9-15)14-16-6-4-5-7-17(16)19/h3-7,15H,1,8-14H2,2H3,(H2,20,21,22). The number of likely N-dealkylation sites (tertiary alicyclic amines) is 1. The van der Waals surface area contributed by atoms with Gasteiger partial charge in [-0.25, -0.2) is 0 Å². The van der Waals surface area contributed by atoms with Gasteiger partial charge in [-0.15, -0.1) is 6.58 Å². The Morgan fingerprint density at radius 3 is 2.74 bits per heavy atom. The predicted octanol–water partition coefficient (Wildman–Crippen LogP) is 2.90. The van der Waals surface area contributed by atoms with Crippen molar-refractivity contribution >= 4 is 17.6 Å². The average Bonchev–Trinajstić information content (AvgIpc) is 2.58. The third kappa shape index (κ3) is 5.88. The fourth-order valence-corrected chi connectivity index (χ4v) is 3.04. The van der Waals surface area contributed by atoms with Gasteiger partial charge in [0, 0.05) is 31.7 Å². The van der Waals surface area contributed by atoms with Crippen molar-refractivity contribution in [2.75, 3.05) is 33.2 Å². The van der Waals surface area contributed by atoms with E-state index in [0.29, 0.717) is 5.92 Å². The minimum absolute atomic E-state index is 0.694. The van der Waals surface area contributed by atoms with E-state index < -0.39 is 0 Å². The molecule has 2 rings (SSSR count). The highest BCUT2D eigenvalue weighted by Crippen LogP contribution is 2.21. The van der Waals surface area contributed by atoms with Crippen LogP contribution in [0.2, 0.25) is 5.02 Å². The first-order valence-electron chi connectivity index (χ1n) is 8.24. The van der Waals surface area contributed by atoms with E-state index in [1.54, 1.807) is 7.05 Å². The second-order valence-electron chi connectivity index (χ2n) is 5.93. The summed E-state index contributed by atoms with van der Waals surface area (Å²) in [6.07, 6.45) is 4.24. The Morgan fingerprint density at radius 1 is 1.35 bits per heavy atom. The molecular weight excluding hydrogens is 308 g/mol. The monoisotopic (exact) mass is 334 g/mol. The van der Waals surface area contributed by atoms with E-state index in [1.807, 2.05) is 18.2 Å². The molecule has 0 radical (unpaired) electrons. The van der Waals surface area contributed by atoms with Crippen LogP contribution in [0.5, 0.6) is 0 Å². The van der Waals surface area contributed by atoms with Crippen LogP contribution in [-0.4, -0.2) is 44.1 Å². The van der Waals surface area contributed by atoms with Gasteiger partial charge in [0.2, 0.25) is 0 Å². The molecule has 126 valence electrons. The maximum Gasteiger partial charge on any atom is 0.191 e. The number of piperidine rings is 1. The van der Waals surface area contributed by atoms with Crippen LogP contribution in [0.15, 0.2) is 41.9 Å². The fourth-order valence-electron chi connectivity index (χ4n) is 2.85. The molecule has 5 heteroatoms. The van der Waals surface area contributed by atoms with E-state index in [-0.39, 0.29) is 0 Å². The van der Waals surface area contributed by atoms with Crippen LogP contribution in [0.1, 0.15) is 18.4 Å². The smallest absolute Gasteiger partial charge is 0.191 e. The Kier molecular flexibility index (Phi) is 7.43. The SMILES string of the molecule is C=CCNC(=NC)NCC1CCN(Cc2ccccc2Cl)CC1. The Morgan fingerprint density at radius 2 is 2.09 bits per heavy atom. The molecule has 0 amide bonds. The third-order valence-electron chi connectivity index (χ3n) is 4.25. The minimum atomic E-state index is 0.694. The molecule has 0 spiro atoms. The highest BCUT2D eigenvalue weighted by Gasteiger charge is 2.19. The number of rotatable bonds is 6. The lowest BCUT2D eigenvalue weighted by atomic mass is 9.96. The second-order valence-corrected chi connectivity index (χ2v) is 6.34. The van der Waals surface area contributed by atoms with Crippen molar-refractivity contribution in [3.05, 3.63) is 47.5 Å². The van der Waals surface area contributed by atoms with Gasteiger partial charge in [-0.3, -0.25) is 9.89 Å². The van der Waals surface area contributed by atoms with Crippen molar-refractivity contribution in [3.8, 4) is 0 Å². The van der Waals surface area contributed by atoms with Crippen molar-refractivity contribution < 1.29 is 0 Å². The maximum atomic E-state index is 6.25. The lowest BCUT2D eigenvalue weighted by Crippen LogP contribution is -2.42. The summed E-state index contributed by atoms with van der Waals surface area (Å²) >= 11 is 6.25. The third-order valence-corrected chi connectivity index (χ3v) is 4.62. The largest absolute Gasteiger partial charge is 0.356 e. The van der Waals surface area contributed by atoms with Gasteiger partial charge in [0.1, 0.15) is 0 Å². The van der Waals surface area contributed by atoms with E-state index in [1.165, 1.54) is 18.4 Å². The minimum Gasteiger partial charge on any atom is -0.356 e. The van der Waals surface area contributed by atoms with Gasteiger partial charge >= 0.3 is 0 Å². The van der Waals surface area contributed by atoms with E-state index >= 15 is 0 Å². The number of halogens is 1. The number of nitrogens with one attached hydrogen (secondary N) is 2. The summed E-state index contributed by atoms with van der Waals surface area (Å²) in [5.41, 5.74) is 1.22. The molecule has 1 aromatic carbocycles. The summed E-state index contributed by atoms with van der Waals surface area (Å²) in [4.78, 5) is 6.70. The zero-order valence-corrected chi connectivity index (χ0v) is 14.6. The van der Waals surface area contributed by atoms with Gasteiger partial charge in [0.15, 0.2) is 5.96 Å². The van der Waals surface area contributed by atoms with Crippen molar-refractivity contribution in [3.63, 3.8) is 0 Å². The summed E-state index contributed by atoms with van der Waals surface area (Å²) in [6.45, 7) is 8.60. The molecule has 23 heavy (non-hydrogen) atoms. The van der Waals surface area contributed by atoms with Crippen molar-refractivity contribution in [1.82, 2.24) is 15.5 Å². The highest BCUT2D eigenvalue weighted by atomic mass is 35.5. The van der Waals surface area contributed by atoms with Crippen LogP contribution in [0.25, 0.3) is 0 Å². The van der Waals surface area contributed by atoms with E-state index in [9.17, 15) is 0 Å². The Balaban J connectivity index is 1.71. The Labute approximate surface area is 144 Å². The van der Waals surface area contributed by atoms with Gasteiger partial charge in [-0.2, -0.15) is 0 Å². The molecule has 1 fully saturated rings. The molecule has 2 N–H and O–H groups in total. The molecule has 0 aliphatic carbocycles. The molecule has 0 bridgehead atoms. The maximum absolute atomic E-state index is 6.25. The van der Waals surface area contributed by atoms with E-state index in [2.05, 4.69) is 39.2 Å². The van der Waals surface area contributed by atoms with Crippen LogP contribution in [-0.2, 0) is 6.54 Å². The summed E-state index contributed by atoms with van der Waals surface area (Å²) < 4.78 is 0. The zero-order valence-electron chi connectivity index (χ0n) is 13.9. The van der Waals surface area contributed by atoms with Gasteiger partial charge in [-0.05, 0) is 43.5 Å². The molecule has 0 unspecified atom stereocenters. The molecule has 0 atom stereocenters. The first kappa shape index (κ1) is 17.8. The highest BCUT2D eigenvalue weighted by molar-refractivity contribution is 6.31. The molecule has 1 heterocycles. The molecule has 1 aliphatic heterocycles. The molecule has 1 aromatic rings. The summed E-state index contributed by atoms with van der Waals surface area (Å²) in [6, 6.07) is 8.12. The first-order valence-corrected chi connectivity index (χ1v) is 8.62. The number of guanidine groups is 1. The fraction of sp³-hybridized carbons (Fsp3) is 0.500. The van der Waals surface area contributed by atoms with E-state index in [4.69, 9.17) is 11.6 Å². The van der Waals surface area contributed by atoms with Crippen LogP contribution in [0.4, 0.5) is 0 Å². The van der Waals surface area contributed by atoms with Gasteiger partial charge < -0.3 is 10.6 Å². The summed E-state index contributed by atoms with van der Waals surface area (Å²) in [5, 5.41) is 7.47. The predicted molar refractivity (Wildman–Crippen MR) is 99.0 cm³/mol. The quantitative estimate of drug-likeness (QED) is 0.477. The molecule has 0 saturated carbocycles. The molecule has 1 saturated heterocycles. The van der Waals surface area contributed by atoms with Crippen LogP contribution >= 0.6 is 11.6 Å². The number of hydrogen-bond acceptors (Lipinski definition) is 2. The summed E-state index contributed by atoms with van der Waals surface area (Å²) in [7, 11) is 1.80. The van der Waals surface area contributed by atoms with Crippen LogP contribution in [0.3, 0.4) is 0 Å². The molecule has 4 nitrogen and oxygen atoms in total. The molecule has 0 aromatic heterocycles. The van der Waals surface area contributed by atoms with Gasteiger partial charge in [0.05, 0.1) is 0 Å². The summed E-state index contributed by atoms with van der Waals surface area (Å²) in [5.74, 6) is 1.54. The Bertz CT molecular complexity index is 522. The van der Waals surface area contributed by atoms with Gasteiger partial charge in [0.25, 0.3) is 0 Å². The normalized spacial score (nSPS) is 17.0. The zero-order chi connectivity index (χ0) is 16.5. The van der Waals surface area contributed by atoms with Crippen molar-refractivity contribution in [1.29, 1.82) is 0 Å².